The number of nitrogens with zero attached hydrogens (tertiary/aromatic N) is 1. The van der Waals surface area contributed by atoms with Gasteiger partial charge in [-0.05, 0) is 24.3 Å². The zero-order chi connectivity index (χ0) is 14.7. The second-order valence-corrected chi connectivity index (χ2v) is 4.23. The fourth-order valence-electron chi connectivity index (χ4n) is 1.97. The number of rotatable bonds is 3. The van der Waals surface area contributed by atoms with Crippen molar-refractivity contribution in [3.8, 4) is 0 Å². The van der Waals surface area contributed by atoms with E-state index in [1.807, 2.05) is 0 Å². The van der Waals surface area contributed by atoms with Gasteiger partial charge in [-0.1, -0.05) is 18.2 Å². The molecule has 2 aromatic carbocycles. The van der Waals surface area contributed by atoms with E-state index < -0.39 is 17.5 Å². The maximum Gasteiger partial charge on any atom is 0.260 e. The van der Waals surface area contributed by atoms with E-state index in [4.69, 9.17) is 0 Å². The van der Waals surface area contributed by atoms with E-state index in [1.54, 1.807) is 12.1 Å². The molecule has 0 aliphatic rings. The molecule has 0 saturated heterocycles. The van der Waals surface area contributed by atoms with Crippen molar-refractivity contribution in [1.82, 2.24) is 0 Å². The van der Waals surface area contributed by atoms with E-state index in [0.717, 1.165) is 4.90 Å². The lowest BCUT2D eigenvalue weighted by atomic mass is 10.1. The number of anilines is 2. The molecule has 104 valence electrons. The van der Waals surface area contributed by atoms with Crippen molar-refractivity contribution in [2.45, 2.75) is 0 Å². The number of hydrogen-bond acceptors (Lipinski definition) is 2. The van der Waals surface area contributed by atoms with Gasteiger partial charge in [0.25, 0.3) is 5.91 Å². The Hall–Kier alpha value is -2.43. The maximum absolute atomic E-state index is 13.7. The lowest BCUT2D eigenvalue weighted by Crippen LogP contribution is -2.28. The van der Waals surface area contributed by atoms with Crippen LogP contribution in [0, 0.1) is 11.6 Å². The van der Waals surface area contributed by atoms with Crippen molar-refractivity contribution in [2.75, 3.05) is 24.3 Å². The molecule has 0 atom stereocenters. The van der Waals surface area contributed by atoms with Gasteiger partial charge in [-0.25, -0.2) is 8.78 Å². The molecule has 5 heteroatoms. The summed E-state index contributed by atoms with van der Waals surface area (Å²) in [6, 6.07) is 10.1. The lowest BCUT2D eigenvalue weighted by Gasteiger charge is -2.19. The third-order valence-corrected chi connectivity index (χ3v) is 3.01. The Morgan fingerprint density at radius 2 is 1.70 bits per heavy atom. The minimum atomic E-state index is -0.528. The van der Waals surface area contributed by atoms with E-state index in [0.29, 0.717) is 0 Å². The van der Waals surface area contributed by atoms with Crippen molar-refractivity contribution in [3.05, 3.63) is 59.7 Å². The molecule has 0 aliphatic carbocycles. The number of para-hydroxylation sites is 2. The van der Waals surface area contributed by atoms with Crippen molar-refractivity contribution in [3.63, 3.8) is 0 Å². The Morgan fingerprint density at radius 3 is 2.35 bits per heavy atom. The van der Waals surface area contributed by atoms with Gasteiger partial charge in [0, 0.05) is 14.1 Å². The summed E-state index contributed by atoms with van der Waals surface area (Å²) < 4.78 is 27.3. The second kappa shape index (κ2) is 5.69. The van der Waals surface area contributed by atoms with Gasteiger partial charge in [0.2, 0.25) is 0 Å². The third-order valence-electron chi connectivity index (χ3n) is 3.01. The van der Waals surface area contributed by atoms with Crippen molar-refractivity contribution >= 4 is 17.3 Å². The Kier molecular flexibility index (Phi) is 3.98. The molecule has 2 rings (SSSR count). The van der Waals surface area contributed by atoms with Crippen molar-refractivity contribution < 1.29 is 13.6 Å². The standard InChI is InChI=1S/C15H14F2N2O/c1-18-14-10(6-5-8-12(14)17)15(20)19(2)13-9-4-3-7-11(13)16/h3-9,18H,1-2H3. The number of hydrogen-bond donors (Lipinski definition) is 1. The minimum Gasteiger partial charge on any atom is -0.385 e. The molecule has 3 nitrogen and oxygen atoms in total. The zero-order valence-electron chi connectivity index (χ0n) is 11.2. The number of carbonyl (C=O) groups is 1. The molecule has 0 radical (unpaired) electrons. The molecule has 1 N–H and O–H groups in total. The molecule has 0 spiro atoms. The molecular weight excluding hydrogens is 262 g/mol. The van der Waals surface area contributed by atoms with Crippen molar-refractivity contribution in [2.24, 2.45) is 0 Å². The van der Waals surface area contributed by atoms with E-state index in [9.17, 15) is 13.6 Å². The highest BCUT2D eigenvalue weighted by Crippen LogP contribution is 2.24. The van der Waals surface area contributed by atoms with Gasteiger partial charge in [-0.2, -0.15) is 0 Å². The van der Waals surface area contributed by atoms with E-state index in [1.165, 1.54) is 44.4 Å². The second-order valence-electron chi connectivity index (χ2n) is 4.23. The molecule has 0 unspecified atom stereocenters. The van der Waals surface area contributed by atoms with E-state index >= 15 is 0 Å². The average molecular weight is 276 g/mol. The highest BCUT2D eigenvalue weighted by molar-refractivity contribution is 6.09. The first-order chi connectivity index (χ1) is 9.56. The Labute approximate surface area is 115 Å². The summed E-state index contributed by atoms with van der Waals surface area (Å²) in [5.41, 5.74) is 0.391. The highest BCUT2D eigenvalue weighted by Gasteiger charge is 2.20. The molecule has 0 fully saturated rings. The van der Waals surface area contributed by atoms with Gasteiger partial charge in [0.15, 0.2) is 0 Å². The van der Waals surface area contributed by atoms with Crippen LogP contribution in [-0.4, -0.2) is 20.0 Å². The quantitative estimate of drug-likeness (QED) is 0.933. The summed E-state index contributed by atoms with van der Waals surface area (Å²) in [5, 5.41) is 2.65. The topological polar surface area (TPSA) is 32.3 Å². The van der Waals surface area contributed by atoms with Crippen LogP contribution in [-0.2, 0) is 0 Å². The molecule has 1 amide bonds. The predicted octanol–water partition coefficient (Wildman–Crippen LogP) is 3.28. The normalized spacial score (nSPS) is 10.2. The van der Waals surface area contributed by atoms with E-state index in [-0.39, 0.29) is 16.9 Å². The maximum atomic E-state index is 13.7. The van der Waals surface area contributed by atoms with Crippen LogP contribution in [0.2, 0.25) is 0 Å². The van der Waals surface area contributed by atoms with Crippen LogP contribution >= 0.6 is 0 Å². The number of benzene rings is 2. The molecule has 0 heterocycles. The van der Waals surface area contributed by atoms with Crippen LogP contribution < -0.4 is 10.2 Å². The number of halogens is 2. The fourth-order valence-corrected chi connectivity index (χ4v) is 1.97. The monoisotopic (exact) mass is 276 g/mol. The average Bonchev–Trinajstić information content (AvgIpc) is 2.46. The highest BCUT2D eigenvalue weighted by atomic mass is 19.1. The van der Waals surface area contributed by atoms with Crippen LogP contribution in [0.3, 0.4) is 0 Å². The van der Waals surface area contributed by atoms with Gasteiger partial charge in [0.1, 0.15) is 11.6 Å². The molecule has 0 saturated carbocycles. The smallest absolute Gasteiger partial charge is 0.260 e. The molecule has 0 bridgehead atoms. The Bertz CT molecular complexity index is 644. The van der Waals surface area contributed by atoms with Gasteiger partial charge < -0.3 is 10.2 Å². The molecular formula is C15H14F2N2O. The fraction of sp³-hybridized carbons (Fsp3) is 0.133. The summed E-state index contributed by atoms with van der Waals surface area (Å²) in [7, 11) is 2.98. The minimum absolute atomic E-state index is 0.0979. The van der Waals surface area contributed by atoms with Crippen LogP contribution in [0.1, 0.15) is 10.4 Å². The Morgan fingerprint density at radius 1 is 1.05 bits per heavy atom. The van der Waals surface area contributed by atoms with Crippen LogP contribution in [0.15, 0.2) is 42.5 Å². The molecule has 0 aliphatic heterocycles. The Balaban J connectivity index is 2.42. The van der Waals surface area contributed by atoms with Crippen LogP contribution in [0.5, 0.6) is 0 Å². The SMILES string of the molecule is CNc1c(F)cccc1C(=O)N(C)c1ccccc1F. The first-order valence-electron chi connectivity index (χ1n) is 6.05. The van der Waals surface area contributed by atoms with Gasteiger partial charge >= 0.3 is 0 Å². The first kappa shape index (κ1) is 14.0. The number of nitrogens with one attached hydrogen (secondary N) is 1. The summed E-state index contributed by atoms with van der Waals surface area (Å²) in [4.78, 5) is 13.5. The van der Waals surface area contributed by atoms with Crippen molar-refractivity contribution in [1.29, 1.82) is 0 Å². The number of amides is 1. The summed E-state index contributed by atoms with van der Waals surface area (Å²) in [5.74, 6) is -1.52. The largest absolute Gasteiger partial charge is 0.385 e. The zero-order valence-corrected chi connectivity index (χ0v) is 11.2. The molecule has 20 heavy (non-hydrogen) atoms. The molecule has 0 aromatic heterocycles. The van der Waals surface area contributed by atoms with E-state index in [2.05, 4.69) is 5.32 Å². The van der Waals surface area contributed by atoms with Crippen LogP contribution in [0.25, 0.3) is 0 Å². The first-order valence-corrected chi connectivity index (χ1v) is 6.05. The third kappa shape index (κ3) is 2.47. The summed E-state index contributed by atoms with van der Waals surface area (Å²) in [6.07, 6.45) is 0. The predicted molar refractivity (Wildman–Crippen MR) is 75.1 cm³/mol. The number of carbonyl (C=O) groups excluding carboxylic acids is 1. The summed E-state index contributed by atoms with van der Waals surface area (Å²) >= 11 is 0. The summed E-state index contributed by atoms with van der Waals surface area (Å²) in [6.45, 7) is 0. The van der Waals surface area contributed by atoms with Gasteiger partial charge in [-0.15, -0.1) is 0 Å². The van der Waals surface area contributed by atoms with Gasteiger partial charge in [-0.3, -0.25) is 4.79 Å². The lowest BCUT2D eigenvalue weighted by molar-refractivity contribution is 0.0992. The van der Waals surface area contributed by atoms with Crippen LogP contribution in [0.4, 0.5) is 20.2 Å². The molecule has 2 aromatic rings. The van der Waals surface area contributed by atoms with Gasteiger partial charge in [0.05, 0.1) is 16.9 Å².